The standard InChI is InChI=1S/C31H25Cl2FN4O3S/c1-16-10-18(15-42-28-12-19(32)6-8-23(28)33)17(2)21(11-16)29-22(14-35)31(36)37(25-4-3-5-27(39)30(25)29)24-9-7-20(34)13-26(24)38(40)41/h6-13,29H,3-5,15,36H2,1-2H3. The van der Waals surface area contributed by atoms with Gasteiger partial charge in [-0.15, -0.1) is 11.8 Å². The number of ketones is 1. The van der Waals surface area contributed by atoms with Crippen LogP contribution in [0, 0.1) is 41.1 Å². The largest absolute Gasteiger partial charge is 0.384 e. The van der Waals surface area contributed by atoms with Crippen LogP contribution in [0.15, 0.2) is 76.1 Å². The summed E-state index contributed by atoms with van der Waals surface area (Å²) in [5.41, 5.74) is 10.7. The average Bonchev–Trinajstić information content (AvgIpc) is 2.95. The van der Waals surface area contributed by atoms with Gasteiger partial charge >= 0.3 is 0 Å². The number of nitro groups is 1. The molecule has 0 aromatic heterocycles. The maximum Gasteiger partial charge on any atom is 0.296 e. The number of nitrogens with two attached hydrogens (primary N) is 1. The minimum atomic E-state index is -0.780. The lowest BCUT2D eigenvalue weighted by Crippen LogP contribution is -2.39. The fourth-order valence-corrected chi connectivity index (χ4v) is 7.21. The number of hydrogen-bond donors (Lipinski definition) is 1. The second-order valence-electron chi connectivity index (χ2n) is 10.2. The third-order valence-corrected chi connectivity index (χ3v) is 9.36. The number of aryl methyl sites for hydroxylation is 1. The summed E-state index contributed by atoms with van der Waals surface area (Å²) >= 11 is 14.1. The van der Waals surface area contributed by atoms with E-state index in [2.05, 4.69) is 12.1 Å². The molecule has 214 valence electrons. The van der Waals surface area contributed by atoms with Gasteiger partial charge in [0.15, 0.2) is 5.78 Å². The Morgan fingerprint density at radius 1 is 1.17 bits per heavy atom. The molecule has 0 saturated heterocycles. The number of Topliss-reactive ketones (excluding diaryl/α,β-unsaturated/α-hetero) is 1. The maximum absolute atomic E-state index is 14.0. The van der Waals surface area contributed by atoms with Crippen LogP contribution in [0.25, 0.3) is 0 Å². The minimum Gasteiger partial charge on any atom is -0.384 e. The number of allylic oxidation sites excluding steroid dienone is 3. The van der Waals surface area contributed by atoms with Crippen LogP contribution in [0.1, 0.15) is 47.4 Å². The molecule has 3 aromatic rings. The molecule has 2 N–H and O–H groups in total. The molecule has 1 heterocycles. The molecule has 5 rings (SSSR count). The molecule has 0 fully saturated rings. The monoisotopic (exact) mass is 622 g/mol. The van der Waals surface area contributed by atoms with Crippen LogP contribution in [0.4, 0.5) is 15.8 Å². The van der Waals surface area contributed by atoms with E-state index in [9.17, 15) is 24.6 Å². The van der Waals surface area contributed by atoms with E-state index in [4.69, 9.17) is 28.9 Å². The van der Waals surface area contributed by atoms with Gasteiger partial charge in [-0.25, -0.2) is 4.39 Å². The molecule has 11 heteroatoms. The fourth-order valence-electron chi connectivity index (χ4n) is 5.66. The Morgan fingerprint density at radius 3 is 2.64 bits per heavy atom. The number of carbonyl (C=O) groups excluding carboxylic acids is 1. The molecule has 42 heavy (non-hydrogen) atoms. The number of rotatable bonds is 6. The van der Waals surface area contributed by atoms with E-state index < -0.39 is 22.3 Å². The van der Waals surface area contributed by atoms with Crippen LogP contribution in [0.2, 0.25) is 10.0 Å². The van der Waals surface area contributed by atoms with Crippen molar-refractivity contribution < 1.29 is 14.1 Å². The Bertz CT molecular complexity index is 1770. The first-order valence-corrected chi connectivity index (χ1v) is 14.8. The van der Waals surface area contributed by atoms with Crippen molar-refractivity contribution in [1.82, 2.24) is 0 Å². The number of hydrogen-bond acceptors (Lipinski definition) is 7. The molecule has 2 aliphatic rings. The molecule has 1 atom stereocenters. The minimum absolute atomic E-state index is 0.00348. The van der Waals surface area contributed by atoms with Crippen molar-refractivity contribution >= 4 is 52.1 Å². The van der Waals surface area contributed by atoms with E-state index in [1.165, 1.54) is 22.7 Å². The lowest BCUT2D eigenvalue weighted by atomic mass is 9.73. The third-order valence-electron chi connectivity index (χ3n) is 7.58. The zero-order valence-electron chi connectivity index (χ0n) is 22.7. The van der Waals surface area contributed by atoms with E-state index in [1.54, 1.807) is 18.2 Å². The highest BCUT2D eigenvalue weighted by Gasteiger charge is 2.42. The van der Waals surface area contributed by atoms with Gasteiger partial charge < -0.3 is 5.73 Å². The molecule has 1 aliphatic heterocycles. The van der Waals surface area contributed by atoms with Gasteiger partial charge in [0.05, 0.1) is 33.6 Å². The second-order valence-corrected chi connectivity index (χ2v) is 12.1. The average molecular weight is 624 g/mol. The lowest BCUT2D eigenvalue weighted by molar-refractivity contribution is -0.384. The summed E-state index contributed by atoms with van der Waals surface area (Å²) in [7, 11) is 0. The van der Waals surface area contributed by atoms with Crippen LogP contribution in [-0.2, 0) is 10.5 Å². The van der Waals surface area contributed by atoms with E-state index >= 15 is 0 Å². The number of thioether (sulfide) groups is 1. The highest BCUT2D eigenvalue weighted by molar-refractivity contribution is 7.98. The van der Waals surface area contributed by atoms with E-state index in [0.29, 0.717) is 39.9 Å². The predicted octanol–water partition coefficient (Wildman–Crippen LogP) is 8.25. The molecule has 0 saturated carbocycles. The number of nitriles is 1. The van der Waals surface area contributed by atoms with Gasteiger partial charge in [0.25, 0.3) is 5.69 Å². The zero-order valence-corrected chi connectivity index (χ0v) is 25.0. The van der Waals surface area contributed by atoms with Gasteiger partial charge in [-0.1, -0.05) is 40.9 Å². The maximum atomic E-state index is 14.0. The molecule has 0 bridgehead atoms. The number of benzene rings is 3. The van der Waals surface area contributed by atoms with Crippen LogP contribution in [-0.4, -0.2) is 10.7 Å². The Kier molecular flexibility index (Phi) is 8.33. The van der Waals surface area contributed by atoms with E-state index in [0.717, 1.165) is 39.3 Å². The number of nitrogens with zero attached hydrogens (tertiary/aromatic N) is 3. The molecule has 1 aliphatic carbocycles. The van der Waals surface area contributed by atoms with Gasteiger partial charge in [0.2, 0.25) is 0 Å². The first kappa shape index (κ1) is 29.6. The smallest absolute Gasteiger partial charge is 0.296 e. The Hall–Kier alpha value is -3.84. The van der Waals surface area contributed by atoms with Crippen LogP contribution in [0.3, 0.4) is 0 Å². The van der Waals surface area contributed by atoms with Crippen LogP contribution >= 0.6 is 35.0 Å². The molecular weight excluding hydrogens is 598 g/mol. The lowest BCUT2D eigenvalue weighted by Gasteiger charge is -2.39. The highest BCUT2D eigenvalue weighted by atomic mass is 35.5. The number of halogens is 3. The van der Waals surface area contributed by atoms with Gasteiger partial charge in [-0.3, -0.25) is 19.8 Å². The van der Waals surface area contributed by atoms with Gasteiger partial charge in [0.1, 0.15) is 17.3 Å². The molecule has 0 radical (unpaired) electrons. The molecule has 7 nitrogen and oxygen atoms in total. The van der Waals surface area contributed by atoms with Crippen molar-refractivity contribution in [1.29, 1.82) is 5.26 Å². The summed E-state index contributed by atoms with van der Waals surface area (Å²) in [6.45, 7) is 3.89. The third kappa shape index (κ3) is 5.38. The first-order valence-electron chi connectivity index (χ1n) is 13.1. The molecular formula is C31H25Cl2FN4O3S. The van der Waals surface area contributed by atoms with Crippen LogP contribution < -0.4 is 10.6 Å². The summed E-state index contributed by atoms with van der Waals surface area (Å²) in [4.78, 5) is 27.0. The highest BCUT2D eigenvalue weighted by Crippen LogP contribution is 2.49. The van der Waals surface area contributed by atoms with E-state index in [-0.39, 0.29) is 29.3 Å². The Labute approximate surface area is 256 Å². The molecule has 0 amide bonds. The summed E-state index contributed by atoms with van der Waals surface area (Å²) in [6, 6.07) is 14.6. The van der Waals surface area contributed by atoms with Crippen LogP contribution in [0.5, 0.6) is 0 Å². The van der Waals surface area contributed by atoms with Crippen molar-refractivity contribution in [3.8, 4) is 6.07 Å². The molecule has 0 spiro atoms. The van der Waals surface area contributed by atoms with Crippen molar-refractivity contribution in [3.05, 3.63) is 119 Å². The zero-order chi connectivity index (χ0) is 30.3. The first-order chi connectivity index (χ1) is 20.0. The molecule has 1 unspecified atom stereocenters. The summed E-state index contributed by atoms with van der Waals surface area (Å²) in [5.74, 6) is -1.15. The number of anilines is 1. The van der Waals surface area contributed by atoms with Gasteiger partial charge in [-0.2, -0.15) is 5.26 Å². The second kappa shape index (κ2) is 11.8. The normalized spacial score (nSPS) is 16.9. The van der Waals surface area contributed by atoms with Gasteiger partial charge in [-0.05, 0) is 73.7 Å². The summed E-state index contributed by atoms with van der Waals surface area (Å²) in [5, 5.41) is 23.5. The van der Waals surface area contributed by atoms with Crippen molar-refractivity contribution in [2.45, 2.75) is 49.7 Å². The Balaban J connectivity index is 1.67. The van der Waals surface area contributed by atoms with Crippen molar-refractivity contribution in [2.24, 2.45) is 5.73 Å². The fraction of sp³-hybridized carbons (Fsp3) is 0.226. The SMILES string of the molecule is Cc1cc(CSc2cc(Cl)ccc2Cl)c(C)c(C2C(C#N)=C(N)N(c3ccc(F)cc3[N+](=O)[O-])C3=C2C(=O)CCC3)c1. The quantitative estimate of drug-likeness (QED) is 0.167. The number of carbonyl (C=O) groups is 1. The van der Waals surface area contributed by atoms with Gasteiger partial charge in [0, 0.05) is 33.4 Å². The summed E-state index contributed by atoms with van der Waals surface area (Å²) in [6.07, 6.45) is 1.20. The number of nitro benzene ring substituents is 1. The van der Waals surface area contributed by atoms with E-state index in [1.807, 2.05) is 19.9 Å². The topological polar surface area (TPSA) is 113 Å². The molecule has 3 aromatic carbocycles. The Morgan fingerprint density at radius 2 is 1.93 bits per heavy atom. The predicted molar refractivity (Wildman–Crippen MR) is 163 cm³/mol. The summed E-state index contributed by atoms with van der Waals surface area (Å²) < 4.78 is 14.0. The van der Waals surface area contributed by atoms with Crippen molar-refractivity contribution in [3.63, 3.8) is 0 Å². The van der Waals surface area contributed by atoms with Crippen molar-refractivity contribution in [2.75, 3.05) is 4.90 Å².